The summed E-state index contributed by atoms with van der Waals surface area (Å²) in [4.78, 5) is 11.8. The number of benzene rings is 1. The Labute approximate surface area is 112 Å². The Kier molecular flexibility index (Phi) is 4.25. The molecule has 0 heterocycles. The zero-order chi connectivity index (χ0) is 13.0. The van der Waals surface area contributed by atoms with Crippen LogP contribution in [0.5, 0.6) is 0 Å². The topological polar surface area (TPSA) is 38.3 Å². The van der Waals surface area contributed by atoms with E-state index in [1.165, 1.54) is 0 Å². The molecule has 1 aromatic rings. The summed E-state index contributed by atoms with van der Waals surface area (Å²) in [5.41, 5.74) is 0.911. The van der Waals surface area contributed by atoms with Crippen molar-refractivity contribution in [2.24, 2.45) is 0 Å². The smallest absolute Gasteiger partial charge is 0.223 e. The Morgan fingerprint density at radius 1 is 1.50 bits per heavy atom. The molecule has 3 nitrogen and oxygen atoms in total. The van der Waals surface area contributed by atoms with Crippen molar-refractivity contribution in [3.63, 3.8) is 0 Å². The number of amides is 1. The maximum absolute atomic E-state index is 11.8. The normalized spacial score (nSPS) is 16.3. The molecule has 98 valence electrons. The number of carbonyl (C=O) groups is 1. The summed E-state index contributed by atoms with van der Waals surface area (Å²) in [6.45, 7) is 3.05. The highest BCUT2D eigenvalue weighted by Crippen LogP contribution is 2.46. The number of hydrogen-bond acceptors (Lipinski definition) is 2. The minimum Gasteiger partial charge on any atom is -0.381 e. The molecular formula is C14H18ClNO2. The molecule has 0 radical (unpaired) electrons. The van der Waals surface area contributed by atoms with Crippen molar-refractivity contribution in [1.82, 2.24) is 5.32 Å². The Hall–Kier alpha value is -1.06. The molecule has 1 saturated carbocycles. The Morgan fingerprint density at radius 3 is 2.89 bits per heavy atom. The first-order valence-corrected chi connectivity index (χ1v) is 6.69. The molecule has 0 unspecified atom stereocenters. The lowest BCUT2D eigenvalue weighted by Gasteiger charge is -2.18. The molecule has 18 heavy (non-hydrogen) atoms. The van der Waals surface area contributed by atoms with Crippen LogP contribution in [0.1, 0.15) is 31.7 Å². The summed E-state index contributed by atoms with van der Waals surface area (Å²) < 4.78 is 5.18. The number of hydrogen-bond donors (Lipinski definition) is 1. The third kappa shape index (κ3) is 3.24. The molecule has 1 fully saturated rings. The molecule has 1 aliphatic rings. The largest absolute Gasteiger partial charge is 0.381 e. The van der Waals surface area contributed by atoms with Crippen molar-refractivity contribution in [3.8, 4) is 0 Å². The summed E-state index contributed by atoms with van der Waals surface area (Å²) >= 11 is 5.98. The second kappa shape index (κ2) is 5.72. The average Bonchev–Trinajstić information content (AvgIpc) is 3.10. The van der Waals surface area contributed by atoms with Gasteiger partial charge >= 0.3 is 0 Å². The fraction of sp³-hybridized carbons (Fsp3) is 0.500. The van der Waals surface area contributed by atoms with Gasteiger partial charge in [-0.2, -0.15) is 0 Å². The summed E-state index contributed by atoms with van der Waals surface area (Å²) in [7, 11) is 0. The monoisotopic (exact) mass is 267 g/mol. The van der Waals surface area contributed by atoms with Crippen LogP contribution in [0.4, 0.5) is 0 Å². The van der Waals surface area contributed by atoms with Gasteiger partial charge in [-0.15, -0.1) is 0 Å². The van der Waals surface area contributed by atoms with Crippen molar-refractivity contribution < 1.29 is 9.53 Å². The lowest BCUT2D eigenvalue weighted by Crippen LogP contribution is -2.35. The van der Waals surface area contributed by atoms with Gasteiger partial charge in [-0.05, 0) is 37.5 Å². The summed E-state index contributed by atoms with van der Waals surface area (Å²) in [6.07, 6.45) is 2.37. The minimum absolute atomic E-state index is 0.0425. The third-order valence-corrected chi connectivity index (χ3v) is 3.42. The zero-order valence-corrected chi connectivity index (χ0v) is 11.3. The van der Waals surface area contributed by atoms with Gasteiger partial charge in [0.15, 0.2) is 0 Å². The molecular weight excluding hydrogens is 250 g/mol. The first-order valence-electron chi connectivity index (χ1n) is 6.31. The molecule has 1 aliphatic carbocycles. The summed E-state index contributed by atoms with van der Waals surface area (Å²) in [5.74, 6) is 0.0425. The zero-order valence-electron chi connectivity index (χ0n) is 10.5. The van der Waals surface area contributed by atoms with Crippen LogP contribution in [-0.2, 0) is 15.1 Å². The highest BCUT2D eigenvalue weighted by molar-refractivity contribution is 6.30. The Bertz CT molecular complexity index is 430. The van der Waals surface area contributed by atoms with Gasteiger partial charge in [-0.25, -0.2) is 0 Å². The first kappa shape index (κ1) is 13.4. The molecule has 0 atom stereocenters. The lowest BCUT2D eigenvalue weighted by atomic mass is 10.0. The molecule has 2 rings (SSSR count). The Balaban J connectivity index is 1.94. The van der Waals surface area contributed by atoms with Crippen LogP contribution < -0.4 is 5.32 Å². The van der Waals surface area contributed by atoms with E-state index in [-0.39, 0.29) is 11.4 Å². The van der Waals surface area contributed by atoms with Gasteiger partial charge in [0.1, 0.15) is 0 Å². The molecule has 0 aromatic heterocycles. The molecule has 0 saturated heterocycles. The number of ether oxygens (including phenoxy) is 1. The van der Waals surface area contributed by atoms with E-state index in [0.717, 1.165) is 18.4 Å². The SMILES string of the molecule is CCOCCC(=O)NC1(c2cccc(Cl)c2)CC1. The van der Waals surface area contributed by atoms with Crippen molar-refractivity contribution in [2.75, 3.05) is 13.2 Å². The van der Waals surface area contributed by atoms with E-state index in [1.54, 1.807) is 0 Å². The van der Waals surface area contributed by atoms with Gasteiger partial charge in [0.25, 0.3) is 0 Å². The second-order valence-corrected chi connectivity index (χ2v) is 5.02. The highest BCUT2D eigenvalue weighted by Gasteiger charge is 2.45. The quantitative estimate of drug-likeness (QED) is 0.805. The number of rotatable bonds is 6. The van der Waals surface area contributed by atoms with Crippen molar-refractivity contribution in [2.45, 2.75) is 31.7 Å². The van der Waals surface area contributed by atoms with Crippen LogP contribution >= 0.6 is 11.6 Å². The highest BCUT2D eigenvalue weighted by atomic mass is 35.5. The van der Waals surface area contributed by atoms with E-state index in [0.29, 0.717) is 24.7 Å². The summed E-state index contributed by atoms with van der Waals surface area (Å²) in [5, 5.41) is 3.80. The maximum atomic E-state index is 11.8. The molecule has 0 spiro atoms. The number of nitrogens with one attached hydrogen (secondary N) is 1. The standard InChI is InChI=1S/C14H18ClNO2/c1-2-18-9-6-13(17)16-14(7-8-14)11-4-3-5-12(15)10-11/h3-5,10H,2,6-9H2,1H3,(H,16,17). The minimum atomic E-state index is -0.186. The predicted octanol–water partition coefficient (Wildman–Crippen LogP) is 2.87. The van der Waals surface area contributed by atoms with E-state index in [9.17, 15) is 4.79 Å². The van der Waals surface area contributed by atoms with E-state index >= 15 is 0 Å². The van der Waals surface area contributed by atoms with Crippen LogP contribution in [0.2, 0.25) is 5.02 Å². The van der Waals surface area contributed by atoms with Gasteiger partial charge in [-0.3, -0.25) is 4.79 Å². The molecule has 1 aromatic carbocycles. The summed E-state index contributed by atoms with van der Waals surface area (Å²) in [6, 6.07) is 7.71. The van der Waals surface area contributed by atoms with Crippen LogP contribution in [0.15, 0.2) is 24.3 Å². The van der Waals surface area contributed by atoms with Gasteiger partial charge in [-0.1, -0.05) is 23.7 Å². The third-order valence-electron chi connectivity index (χ3n) is 3.18. The van der Waals surface area contributed by atoms with Crippen molar-refractivity contribution in [1.29, 1.82) is 0 Å². The molecule has 4 heteroatoms. The lowest BCUT2D eigenvalue weighted by molar-refractivity contribution is -0.123. The Morgan fingerprint density at radius 2 is 2.28 bits per heavy atom. The predicted molar refractivity (Wildman–Crippen MR) is 71.6 cm³/mol. The number of halogens is 1. The van der Waals surface area contributed by atoms with Crippen molar-refractivity contribution >= 4 is 17.5 Å². The molecule has 0 bridgehead atoms. The van der Waals surface area contributed by atoms with Gasteiger partial charge in [0, 0.05) is 18.1 Å². The average molecular weight is 268 g/mol. The number of carbonyl (C=O) groups excluding carboxylic acids is 1. The van der Waals surface area contributed by atoms with Gasteiger partial charge in [0.05, 0.1) is 12.1 Å². The van der Waals surface area contributed by atoms with Gasteiger partial charge in [0.2, 0.25) is 5.91 Å². The van der Waals surface area contributed by atoms with Crippen LogP contribution in [0.3, 0.4) is 0 Å². The van der Waals surface area contributed by atoms with Crippen LogP contribution in [0.25, 0.3) is 0 Å². The van der Waals surface area contributed by atoms with E-state index in [2.05, 4.69) is 5.32 Å². The van der Waals surface area contributed by atoms with Crippen LogP contribution in [0, 0.1) is 0 Å². The molecule has 0 aliphatic heterocycles. The second-order valence-electron chi connectivity index (χ2n) is 4.59. The van der Waals surface area contributed by atoms with Crippen LogP contribution in [-0.4, -0.2) is 19.1 Å². The van der Waals surface area contributed by atoms with Gasteiger partial charge < -0.3 is 10.1 Å². The maximum Gasteiger partial charge on any atom is 0.223 e. The van der Waals surface area contributed by atoms with E-state index in [1.807, 2.05) is 31.2 Å². The fourth-order valence-electron chi connectivity index (χ4n) is 2.04. The fourth-order valence-corrected chi connectivity index (χ4v) is 2.23. The first-order chi connectivity index (χ1) is 8.66. The van der Waals surface area contributed by atoms with E-state index < -0.39 is 0 Å². The molecule has 1 N–H and O–H groups in total. The van der Waals surface area contributed by atoms with Crippen molar-refractivity contribution in [3.05, 3.63) is 34.9 Å². The van der Waals surface area contributed by atoms with E-state index in [4.69, 9.17) is 16.3 Å². The molecule has 1 amide bonds.